The number of aryl methyl sites for hydroxylation is 2. The first-order valence-corrected chi connectivity index (χ1v) is 10.2. The number of sulfone groups is 1. The summed E-state index contributed by atoms with van der Waals surface area (Å²) in [7, 11) is -1.59. The molecule has 0 saturated heterocycles. The molecule has 0 aliphatic heterocycles. The van der Waals surface area contributed by atoms with E-state index in [1.165, 1.54) is 4.68 Å². The largest absolute Gasteiger partial charge is 0.267 e. The van der Waals surface area contributed by atoms with Crippen LogP contribution in [-0.2, 0) is 38.3 Å². The average Bonchev–Trinajstić information content (AvgIpc) is 2.62. The van der Waals surface area contributed by atoms with Gasteiger partial charge in [-0.2, -0.15) is 5.10 Å². The van der Waals surface area contributed by atoms with Gasteiger partial charge in [0.05, 0.1) is 23.7 Å². The lowest BCUT2D eigenvalue weighted by Gasteiger charge is -2.05. The molecule has 0 saturated carbocycles. The normalized spacial score (nSPS) is 12.8. The first kappa shape index (κ1) is 16.5. The molecule has 0 atom stereocenters. The van der Waals surface area contributed by atoms with Gasteiger partial charge < -0.3 is 0 Å². The molecule has 0 aliphatic rings. The Kier molecular flexibility index (Phi) is 5.02. The van der Waals surface area contributed by atoms with Crippen LogP contribution in [0.25, 0.3) is 0 Å². The van der Waals surface area contributed by atoms with E-state index in [9.17, 15) is 16.8 Å². The Morgan fingerprint density at radius 1 is 1.16 bits per heavy atom. The van der Waals surface area contributed by atoms with Gasteiger partial charge >= 0.3 is 0 Å². The number of rotatable bonds is 6. The Bertz CT molecular complexity index is 662. The van der Waals surface area contributed by atoms with Gasteiger partial charge in [0, 0.05) is 16.9 Å². The van der Waals surface area contributed by atoms with E-state index in [1.54, 1.807) is 13.8 Å². The SMILES string of the molecule is CCc1nn(CCS(C)(=O)=O)c(CC)c1S(=O)(=O)Cl. The molecule has 0 aliphatic carbocycles. The van der Waals surface area contributed by atoms with Crippen LogP contribution in [0.5, 0.6) is 0 Å². The third-order valence-corrected chi connectivity index (χ3v) is 5.01. The average molecular weight is 329 g/mol. The summed E-state index contributed by atoms with van der Waals surface area (Å²) in [5, 5.41) is 4.16. The second-order valence-corrected chi connectivity index (χ2v) is 8.98. The molecule has 0 amide bonds. The maximum atomic E-state index is 11.6. The predicted octanol–water partition coefficient (Wildman–Crippen LogP) is 0.980. The molecule has 1 aromatic rings. The van der Waals surface area contributed by atoms with Crippen molar-refractivity contribution in [3.8, 4) is 0 Å². The van der Waals surface area contributed by atoms with Gasteiger partial charge in [-0.1, -0.05) is 13.8 Å². The van der Waals surface area contributed by atoms with Crippen molar-refractivity contribution in [3.05, 3.63) is 11.4 Å². The number of halogens is 1. The van der Waals surface area contributed by atoms with Gasteiger partial charge in [-0.25, -0.2) is 16.8 Å². The van der Waals surface area contributed by atoms with Gasteiger partial charge in [-0.15, -0.1) is 0 Å². The minimum absolute atomic E-state index is 0.0210. The molecule has 6 nitrogen and oxygen atoms in total. The molecule has 1 aromatic heterocycles. The number of aromatic nitrogens is 2. The van der Waals surface area contributed by atoms with Crippen LogP contribution in [-0.4, -0.2) is 38.6 Å². The van der Waals surface area contributed by atoms with Crippen LogP contribution in [0.2, 0.25) is 0 Å². The molecule has 9 heteroatoms. The number of hydrogen-bond acceptors (Lipinski definition) is 5. The molecule has 1 heterocycles. The summed E-state index contributed by atoms with van der Waals surface area (Å²) < 4.78 is 47.0. The van der Waals surface area contributed by atoms with E-state index >= 15 is 0 Å². The van der Waals surface area contributed by atoms with E-state index in [-0.39, 0.29) is 17.2 Å². The monoisotopic (exact) mass is 328 g/mol. The zero-order valence-electron chi connectivity index (χ0n) is 11.1. The van der Waals surface area contributed by atoms with Gasteiger partial charge in [0.15, 0.2) is 0 Å². The van der Waals surface area contributed by atoms with Crippen molar-refractivity contribution in [3.63, 3.8) is 0 Å². The van der Waals surface area contributed by atoms with E-state index in [2.05, 4.69) is 5.10 Å². The lowest BCUT2D eigenvalue weighted by atomic mass is 10.2. The Morgan fingerprint density at radius 3 is 2.11 bits per heavy atom. The van der Waals surface area contributed by atoms with Crippen LogP contribution in [0.3, 0.4) is 0 Å². The van der Waals surface area contributed by atoms with E-state index in [4.69, 9.17) is 10.7 Å². The smallest absolute Gasteiger partial charge is 0.264 e. The Balaban J connectivity index is 3.32. The first-order valence-electron chi connectivity index (χ1n) is 5.81. The molecule has 0 fully saturated rings. The zero-order chi connectivity index (χ0) is 14.8. The molecule has 0 spiro atoms. The molecule has 19 heavy (non-hydrogen) atoms. The van der Waals surface area contributed by atoms with Crippen LogP contribution in [0.1, 0.15) is 25.2 Å². The molecule has 0 bridgehead atoms. The molecule has 0 N–H and O–H groups in total. The van der Waals surface area contributed by atoms with Gasteiger partial charge in [0.2, 0.25) is 0 Å². The summed E-state index contributed by atoms with van der Waals surface area (Å²) >= 11 is 0. The minimum atomic E-state index is -3.88. The van der Waals surface area contributed by atoms with Crippen molar-refractivity contribution in [2.45, 2.75) is 38.1 Å². The van der Waals surface area contributed by atoms with Crippen molar-refractivity contribution >= 4 is 29.6 Å². The van der Waals surface area contributed by atoms with Crippen LogP contribution in [0.4, 0.5) is 0 Å². The molecule has 0 unspecified atom stereocenters. The standard InChI is InChI=1S/C10H17ClN2O4S2/c1-4-8-10(19(11,16)17)9(5-2)13(12-8)6-7-18(3,14)15/h4-7H2,1-3H3. The maximum Gasteiger partial charge on any atom is 0.264 e. The lowest BCUT2D eigenvalue weighted by molar-refractivity contribution is 0.576. The molecular weight excluding hydrogens is 312 g/mol. The van der Waals surface area contributed by atoms with Crippen LogP contribution >= 0.6 is 10.7 Å². The molecule has 0 radical (unpaired) electrons. The quantitative estimate of drug-likeness (QED) is 0.726. The van der Waals surface area contributed by atoms with Crippen molar-refractivity contribution < 1.29 is 16.8 Å². The first-order chi connectivity index (χ1) is 8.60. The van der Waals surface area contributed by atoms with Crippen molar-refractivity contribution in [2.75, 3.05) is 12.0 Å². The second-order valence-electron chi connectivity index (χ2n) is 4.22. The highest BCUT2D eigenvalue weighted by atomic mass is 35.7. The Morgan fingerprint density at radius 2 is 1.74 bits per heavy atom. The van der Waals surface area contributed by atoms with Gasteiger partial charge in [-0.3, -0.25) is 4.68 Å². The lowest BCUT2D eigenvalue weighted by Crippen LogP contribution is -2.14. The fourth-order valence-electron chi connectivity index (χ4n) is 1.83. The summed E-state index contributed by atoms with van der Waals surface area (Å²) in [6, 6.07) is 0. The summed E-state index contributed by atoms with van der Waals surface area (Å²) in [5.74, 6) is -0.0907. The van der Waals surface area contributed by atoms with Crippen LogP contribution in [0, 0.1) is 0 Å². The highest BCUT2D eigenvalue weighted by molar-refractivity contribution is 8.13. The maximum absolute atomic E-state index is 11.6. The zero-order valence-corrected chi connectivity index (χ0v) is 13.4. The van der Waals surface area contributed by atoms with Gasteiger partial charge in [0.25, 0.3) is 9.05 Å². The summed E-state index contributed by atoms with van der Waals surface area (Å²) in [5.41, 5.74) is 0.829. The van der Waals surface area contributed by atoms with E-state index in [0.29, 0.717) is 24.2 Å². The Labute approximate surface area is 118 Å². The molecule has 1 rings (SSSR count). The van der Waals surface area contributed by atoms with Crippen LogP contribution < -0.4 is 0 Å². The minimum Gasteiger partial charge on any atom is -0.267 e. The van der Waals surface area contributed by atoms with Crippen LogP contribution in [0.15, 0.2) is 4.90 Å². The predicted molar refractivity (Wildman–Crippen MR) is 73.7 cm³/mol. The fourth-order valence-corrected chi connectivity index (χ4v) is 3.86. The van der Waals surface area contributed by atoms with Gasteiger partial charge in [0.1, 0.15) is 14.7 Å². The third-order valence-electron chi connectivity index (χ3n) is 2.66. The summed E-state index contributed by atoms with van der Waals surface area (Å²) in [6.07, 6.45) is 1.96. The Hall–Kier alpha value is -0.600. The highest BCUT2D eigenvalue weighted by Crippen LogP contribution is 2.25. The number of nitrogens with zero attached hydrogens (tertiary/aromatic N) is 2. The molecule has 110 valence electrons. The summed E-state index contributed by atoms with van der Waals surface area (Å²) in [6.45, 7) is 3.68. The van der Waals surface area contributed by atoms with E-state index in [0.717, 1.165) is 6.26 Å². The van der Waals surface area contributed by atoms with Crippen molar-refractivity contribution in [2.24, 2.45) is 0 Å². The number of hydrogen-bond donors (Lipinski definition) is 0. The van der Waals surface area contributed by atoms with Crippen molar-refractivity contribution in [1.82, 2.24) is 9.78 Å². The van der Waals surface area contributed by atoms with Gasteiger partial charge in [-0.05, 0) is 12.8 Å². The highest BCUT2D eigenvalue weighted by Gasteiger charge is 2.25. The third kappa shape index (κ3) is 4.19. The van der Waals surface area contributed by atoms with E-state index < -0.39 is 18.9 Å². The van der Waals surface area contributed by atoms with Crippen molar-refractivity contribution in [1.29, 1.82) is 0 Å². The summed E-state index contributed by atoms with van der Waals surface area (Å²) in [4.78, 5) is 0.0210. The second kappa shape index (κ2) is 5.80. The molecule has 0 aromatic carbocycles. The fraction of sp³-hybridized carbons (Fsp3) is 0.700. The van der Waals surface area contributed by atoms with E-state index in [1.807, 2.05) is 0 Å². The molecular formula is C10H17ClN2O4S2. The topological polar surface area (TPSA) is 86.1 Å².